The summed E-state index contributed by atoms with van der Waals surface area (Å²) in [5.41, 5.74) is 13.3. The standard InChI is InChI=1S/C60H61N3/c1-2-3-6-12-42-19-21-45(22-20-42)46-23-25-47(26-24-46)48-27-31-54(32-28-48)59-37-43-35-44(38-59)40-60(39-43,41-59)55-33-29-49(30-34-55)52-17-11-18-53(36-52)58-62-56(50-13-7-4-8-14-50)61-57(63-58)51-15-9-5-10-16-51/h4-5,7-11,13-18,23-34,36,42-45H,2-3,6,12,19-22,35,37-41H2,1H3. The minimum absolute atomic E-state index is 0.250. The fourth-order valence-electron chi connectivity index (χ4n) is 13.2. The molecule has 0 radical (unpaired) electrons. The third kappa shape index (κ3) is 8.09. The van der Waals surface area contributed by atoms with Crippen LogP contribution in [0.25, 0.3) is 56.4 Å². The van der Waals surface area contributed by atoms with Crippen LogP contribution in [0.5, 0.6) is 0 Å². The SMILES string of the molecule is CCCCCC1CCC(c2ccc(-c3ccc(C45CC6CC(C4)CC(c4ccc(-c7cccc(-c8nc(-c9ccccc9)nc(-c9ccccc9)n8)c7)cc4)(C6)C5)cc3)cc2)CC1. The predicted octanol–water partition coefficient (Wildman–Crippen LogP) is 15.9. The molecule has 12 rings (SSSR count). The lowest BCUT2D eigenvalue weighted by atomic mass is 9.41. The Labute approximate surface area is 375 Å². The Bertz CT molecular complexity index is 2570. The van der Waals surface area contributed by atoms with E-state index in [1.54, 1.807) is 16.7 Å². The van der Waals surface area contributed by atoms with Gasteiger partial charge in [-0.15, -0.1) is 0 Å². The van der Waals surface area contributed by atoms with E-state index in [2.05, 4.69) is 128 Å². The van der Waals surface area contributed by atoms with Gasteiger partial charge in [0.05, 0.1) is 0 Å². The first-order valence-electron chi connectivity index (χ1n) is 24.3. The second-order valence-corrected chi connectivity index (χ2v) is 20.1. The lowest BCUT2D eigenvalue weighted by molar-refractivity contribution is -0.0281. The van der Waals surface area contributed by atoms with E-state index < -0.39 is 0 Å². The smallest absolute Gasteiger partial charge is 0.164 e. The van der Waals surface area contributed by atoms with E-state index in [0.29, 0.717) is 17.5 Å². The zero-order valence-corrected chi connectivity index (χ0v) is 37.1. The van der Waals surface area contributed by atoms with Crippen molar-refractivity contribution in [1.82, 2.24) is 15.0 Å². The Morgan fingerprint density at radius 2 is 0.905 bits per heavy atom. The third-order valence-electron chi connectivity index (χ3n) is 16.0. The summed E-state index contributed by atoms with van der Waals surface area (Å²) in [6.45, 7) is 2.32. The molecule has 0 spiro atoms. The highest BCUT2D eigenvalue weighted by Crippen LogP contribution is 2.66. The van der Waals surface area contributed by atoms with Crippen LogP contribution in [0.3, 0.4) is 0 Å². The average Bonchev–Trinajstić information content (AvgIpc) is 3.34. The lowest BCUT2D eigenvalue weighted by Crippen LogP contribution is -2.55. The Morgan fingerprint density at radius 3 is 1.43 bits per heavy atom. The molecule has 1 aromatic heterocycles. The van der Waals surface area contributed by atoms with Gasteiger partial charge in [-0.3, -0.25) is 0 Å². The summed E-state index contributed by atoms with van der Waals surface area (Å²) >= 11 is 0. The number of benzene rings is 6. The highest BCUT2D eigenvalue weighted by molar-refractivity contribution is 5.73. The zero-order chi connectivity index (χ0) is 42.2. The number of hydrogen-bond acceptors (Lipinski definition) is 3. The molecule has 1 heterocycles. The first kappa shape index (κ1) is 40.1. The number of rotatable bonds is 12. The second kappa shape index (κ2) is 17.1. The molecule has 3 nitrogen and oxygen atoms in total. The van der Waals surface area contributed by atoms with Gasteiger partial charge in [-0.05, 0) is 144 Å². The van der Waals surface area contributed by atoms with E-state index in [4.69, 9.17) is 15.0 Å². The van der Waals surface area contributed by atoms with E-state index in [9.17, 15) is 0 Å². The van der Waals surface area contributed by atoms with Crippen LogP contribution in [0.1, 0.15) is 119 Å². The average molecular weight is 824 g/mol. The van der Waals surface area contributed by atoms with Gasteiger partial charge in [0, 0.05) is 16.7 Å². The van der Waals surface area contributed by atoms with Crippen LogP contribution in [-0.2, 0) is 10.8 Å². The summed E-state index contributed by atoms with van der Waals surface area (Å²) < 4.78 is 0. The fourth-order valence-corrected chi connectivity index (χ4v) is 13.2. The summed E-state index contributed by atoms with van der Waals surface area (Å²) in [4.78, 5) is 14.9. The van der Waals surface area contributed by atoms with E-state index in [1.165, 1.54) is 112 Å². The first-order valence-corrected chi connectivity index (χ1v) is 24.3. The summed E-state index contributed by atoms with van der Waals surface area (Å²) in [6.07, 6.45) is 19.2. The van der Waals surface area contributed by atoms with E-state index in [1.807, 2.05) is 36.4 Å². The van der Waals surface area contributed by atoms with Crippen molar-refractivity contribution in [3.63, 3.8) is 0 Å². The molecule has 4 bridgehead atoms. The molecule has 5 fully saturated rings. The summed E-state index contributed by atoms with van der Waals surface area (Å²) in [6, 6.07) is 58.4. The number of hydrogen-bond donors (Lipinski definition) is 0. The number of aromatic nitrogens is 3. The van der Waals surface area contributed by atoms with Crippen molar-refractivity contribution in [2.75, 3.05) is 0 Å². The summed E-state index contributed by atoms with van der Waals surface area (Å²) in [7, 11) is 0. The second-order valence-electron chi connectivity index (χ2n) is 20.1. The van der Waals surface area contributed by atoms with Gasteiger partial charge < -0.3 is 0 Å². The van der Waals surface area contributed by atoms with E-state index in [-0.39, 0.29) is 10.8 Å². The van der Waals surface area contributed by atoms with Gasteiger partial charge in [-0.1, -0.05) is 184 Å². The topological polar surface area (TPSA) is 38.7 Å². The maximum absolute atomic E-state index is 5.01. The van der Waals surface area contributed by atoms with Gasteiger partial charge in [0.2, 0.25) is 0 Å². The molecule has 316 valence electrons. The van der Waals surface area contributed by atoms with Gasteiger partial charge >= 0.3 is 0 Å². The molecule has 3 heteroatoms. The Hall–Kier alpha value is -5.67. The van der Waals surface area contributed by atoms with Crippen molar-refractivity contribution in [1.29, 1.82) is 0 Å². The molecule has 7 aromatic rings. The molecule has 63 heavy (non-hydrogen) atoms. The van der Waals surface area contributed by atoms with E-state index >= 15 is 0 Å². The first-order chi connectivity index (χ1) is 31.0. The minimum atomic E-state index is 0.250. The van der Waals surface area contributed by atoms with Crippen molar-refractivity contribution in [3.05, 3.63) is 174 Å². The third-order valence-corrected chi connectivity index (χ3v) is 16.0. The monoisotopic (exact) mass is 823 g/mol. The summed E-state index contributed by atoms with van der Waals surface area (Å²) in [5.74, 6) is 5.38. The molecule has 2 atom stereocenters. The fraction of sp³-hybridized carbons (Fsp3) is 0.350. The van der Waals surface area contributed by atoms with Crippen LogP contribution in [0.15, 0.2) is 158 Å². The Morgan fingerprint density at radius 1 is 0.444 bits per heavy atom. The van der Waals surface area contributed by atoms with Gasteiger partial charge in [-0.25, -0.2) is 15.0 Å². The van der Waals surface area contributed by atoms with Crippen LogP contribution >= 0.6 is 0 Å². The largest absolute Gasteiger partial charge is 0.208 e. The van der Waals surface area contributed by atoms with Crippen LogP contribution < -0.4 is 0 Å². The van der Waals surface area contributed by atoms with Crippen LogP contribution in [0.2, 0.25) is 0 Å². The quantitative estimate of drug-likeness (QED) is 0.115. The predicted molar refractivity (Wildman–Crippen MR) is 260 cm³/mol. The number of unbranched alkanes of at least 4 members (excludes halogenated alkanes) is 2. The molecule has 6 aromatic carbocycles. The summed E-state index contributed by atoms with van der Waals surface area (Å²) in [5, 5.41) is 0. The van der Waals surface area contributed by atoms with Gasteiger partial charge in [0.15, 0.2) is 17.5 Å². The zero-order valence-electron chi connectivity index (χ0n) is 37.1. The Kier molecular flexibility index (Phi) is 10.9. The van der Waals surface area contributed by atoms with Crippen molar-refractivity contribution in [2.24, 2.45) is 17.8 Å². The van der Waals surface area contributed by atoms with Crippen LogP contribution in [0.4, 0.5) is 0 Å². The molecule has 5 saturated carbocycles. The van der Waals surface area contributed by atoms with Crippen molar-refractivity contribution in [2.45, 2.75) is 114 Å². The molecule has 0 aliphatic heterocycles. The van der Waals surface area contributed by atoms with Gasteiger partial charge in [0.1, 0.15) is 0 Å². The molecule has 2 unspecified atom stereocenters. The lowest BCUT2D eigenvalue weighted by Gasteiger charge is -2.63. The molecule has 0 amide bonds. The normalized spacial score (nSPS) is 25.0. The highest BCUT2D eigenvalue weighted by Gasteiger charge is 2.58. The Balaban J connectivity index is 0.809. The van der Waals surface area contributed by atoms with Gasteiger partial charge in [-0.2, -0.15) is 0 Å². The van der Waals surface area contributed by atoms with Crippen molar-refractivity contribution >= 4 is 0 Å². The molecule has 5 aliphatic rings. The highest BCUT2D eigenvalue weighted by atomic mass is 15.0. The molecule has 0 saturated heterocycles. The number of nitrogens with zero attached hydrogens (tertiary/aromatic N) is 3. The maximum atomic E-state index is 5.01. The molecular formula is C60H61N3. The van der Waals surface area contributed by atoms with E-state index in [0.717, 1.165) is 40.4 Å². The van der Waals surface area contributed by atoms with Crippen molar-refractivity contribution in [3.8, 4) is 56.4 Å². The molecular weight excluding hydrogens is 763 g/mol. The van der Waals surface area contributed by atoms with Crippen LogP contribution in [0, 0.1) is 17.8 Å². The molecule has 0 N–H and O–H groups in total. The maximum Gasteiger partial charge on any atom is 0.164 e. The molecule has 5 aliphatic carbocycles. The van der Waals surface area contributed by atoms with Crippen molar-refractivity contribution < 1.29 is 0 Å². The van der Waals surface area contributed by atoms with Gasteiger partial charge in [0.25, 0.3) is 0 Å². The van der Waals surface area contributed by atoms with Crippen LogP contribution in [-0.4, -0.2) is 15.0 Å². The minimum Gasteiger partial charge on any atom is -0.208 e.